The molecule has 1 aromatic carbocycles. The molecule has 5 nitrogen and oxygen atoms in total. The maximum Gasteiger partial charge on any atom is 0.417 e. The predicted octanol–water partition coefficient (Wildman–Crippen LogP) is 3.17. The molecule has 1 unspecified atom stereocenters. The van der Waals surface area contributed by atoms with Crippen molar-refractivity contribution in [2.24, 2.45) is 5.92 Å². The fraction of sp³-hybridized carbons (Fsp3) is 0.421. The Morgan fingerprint density at radius 2 is 1.92 bits per heavy atom. The largest absolute Gasteiger partial charge is 0.446 e. The van der Waals surface area contributed by atoms with Gasteiger partial charge in [-0.15, -0.1) is 0 Å². The Labute approximate surface area is 140 Å². The van der Waals surface area contributed by atoms with Gasteiger partial charge in [0.1, 0.15) is 12.6 Å². The lowest BCUT2D eigenvalue weighted by molar-refractivity contribution is -0.128. The lowest BCUT2D eigenvalue weighted by Crippen LogP contribution is -2.36. The molecule has 3 aliphatic rings. The number of imide groups is 1. The van der Waals surface area contributed by atoms with E-state index in [0.29, 0.717) is 6.42 Å². The highest BCUT2D eigenvalue weighted by molar-refractivity contribution is 6.24. The van der Waals surface area contributed by atoms with E-state index < -0.39 is 18.0 Å². The highest BCUT2D eigenvalue weighted by Gasteiger charge is 2.45. The number of amides is 2. The molecule has 0 bridgehead atoms. The van der Waals surface area contributed by atoms with Crippen LogP contribution in [0.15, 0.2) is 41.5 Å². The molecule has 2 atom stereocenters. The van der Waals surface area contributed by atoms with Gasteiger partial charge in [0.2, 0.25) is 0 Å². The molecule has 2 fully saturated rings. The molecule has 24 heavy (non-hydrogen) atoms. The smallest absolute Gasteiger partial charge is 0.417 e. The Balaban J connectivity index is 1.70. The third-order valence-corrected chi connectivity index (χ3v) is 5.26. The first-order chi connectivity index (χ1) is 11.7. The highest BCUT2D eigenvalue weighted by Crippen LogP contribution is 2.42. The van der Waals surface area contributed by atoms with Crippen LogP contribution >= 0.6 is 0 Å². The topological polar surface area (TPSA) is 63.7 Å². The number of nitrogens with zero attached hydrogens (tertiary/aromatic N) is 1. The van der Waals surface area contributed by atoms with Crippen LogP contribution in [0.3, 0.4) is 0 Å². The SMILES string of the molecule is O=C1CC2CCCCC2=C1C(=O)N1C(=O)OC[C@H]1c1ccccc1. The van der Waals surface area contributed by atoms with Gasteiger partial charge in [-0.05, 0) is 30.7 Å². The number of ether oxygens (including phenoxy) is 1. The summed E-state index contributed by atoms with van der Waals surface area (Å²) in [5.74, 6) is -0.400. The van der Waals surface area contributed by atoms with Crippen LogP contribution in [0.5, 0.6) is 0 Å². The second-order valence-electron chi connectivity index (χ2n) is 6.65. The molecule has 5 heteroatoms. The van der Waals surface area contributed by atoms with Crippen molar-refractivity contribution in [3.63, 3.8) is 0 Å². The van der Waals surface area contributed by atoms with Crippen LogP contribution in [0.4, 0.5) is 4.79 Å². The number of cyclic esters (lactones) is 1. The number of hydrogen-bond donors (Lipinski definition) is 0. The molecular formula is C19H19NO4. The summed E-state index contributed by atoms with van der Waals surface area (Å²) in [7, 11) is 0. The summed E-state index contributed by atoms with van der Waals surface area (Å²) in [6, 6.07) is 8.87. The molecule has 2 amide bonds. The van der Waals surface area contributed by atoms with E-state index in [9.17, 15) is 14.4 Å². The van der Waals surface area contributed by atoms with Crippen molar-refractivity contribution in [2.45, 2.75) is 38.1 Å². The fourth-order valence-corrected chi connectivity index (χ4v) is 4.09. The van der Waals surface area contributed by atoms with Gasteiger partial charge in [-0.1, -0.05) is 42.3 Å². The zero-order valence-corrected chi connectivity index (χ0v) is 13.4. The molecule has 1 heterocycles. The van der Waals surface area contributed by atoms with E-state index >= 15 is 0 Å². The predicted molar refractivity (Wildman–Crippen MR) is 86.0 cm³/mol. The summed E-state index contributed by atoms with van der Waals surface area (Å²) in [6.07, 6.45) is 3.61. The third kappa shape index (κ3) is 2.35. The van der Waals surface area contributed by atoms with Gasteiger partial charge in [-0.2, -0.15) is 0 Å². The molecule has 1 saturated heterocycles. The second-order valence-corrected chi connectivity index (χ2v) is 6.65. The lowest BCUT2D eigenvalue weighted by Gasteiger charge is -2.23. The zero-order valence-electron chi connectivity index (χ0n) is 13.4. The quantitative estimate of drug-likeness (QED) is 0.784. The molecule has 0 radical (unpaired) electrons. The van der Waals surface area contributed by atoms with E-state index in [1.807, 2.05) is 30.3 Å². The Bertz CT molecular complexity index is 737. The van der Waals surface area contributed by atoms with Gasteiger partial charge in [-0.3, -0.25) is 9.59 Å². The number of hydrogen-bond acceptors (Lipinski definition) is 4. The van der Waals surface area contributed by atoms with Crippen molar-refractivity contribution in [3.8, 4) is 0 Å². The van der Waals surface area contributed by atoms with Gasteiger partial charge in [0.15, 0.2) is 5.78 Å². The Hall–Kier alpha value is -2.43. The second kappa shape index (κ2) is 5.89. The van der Waals surface area contributed by atoms with Gasteiger partial charge >= 0.3 is 6.09 Å². The zero-order chi connectivity index (χ0) is 16.7. The van der Waals surface area contributed by atoms with Crippen molar-refractivity contribution in [2.75, 3.05) is 6.61 Å². The molecule has 0 aromatic heterocycles. The number of carbonyl (C=O) groups excluding carboxylic acids is 3. The van der Waals surface area contributed by atoms with Crippen LogP contribution in [-0.2, 0) is 14.3 Å². The van der Waals surface area contributed by atoms with Gasteiger partial charge in [-0.25, -0.2) is 9.69 Å². The third-order valence-electron chi connectivity index (χ3n) is 5.26. The molecule has 1 aliphatic heterocycles. The number of fused-ring (bicyclic) bond motifs is 1. The van der Waals surface area contributed by atoms with Gasteiger partial charge < -0.3 is 4.74 Å². The first-order valence-electron chi connectivity index (χ1n) is 8.48. The number of rotatable bonds is 2. The monoisotopic (exact) mass is 325 g/mol. The number of Topliss-reactive ketones (excluding diaryl/α,β-unsaturated/α-hetero) is 1. The minimum atomic E-state index is -0.658. The number of ketones is 1. The first-order valence-corrected chi connectivity index (χ1v) is 8.48. The summed E-state index contributed by atoms with van der Waals surface area (Å²) >= 11 is 0. The minimum Gasteiger partial charge on any atom is -0.446 e. The molecule has 1 saturated carbocycles. The van der Waals surface area contributed by atoms with Crippen molar-refractivity contribution in [1.29, 1.82) is 0 Å². The van der Waals surface area contributed by atoms with Crippen LogP contribution < -0.4 is 0 Å². The summed E-state index contributed by atoms with van der Waals surface area (Å²) in [5, 5.41) is 0. The standard InChI is InChI=1S/C19H19NO4/c21-16-10-13-8-4-5-9-14(13)17(16)18(22)20-15(11-24-19(20)23)12-6-2-1-3-7-12/h1-3,6-7,13,15H,4-5,8-11H2/t13?,15-/m0/s1. The van der Waals surface area contributed by atoms with Crippen LogP contribution in [0, 0.1) is 5.92 Å². The van der Waals surface area contributed by atoms with Crippen molar-refractivity contribution >= 4 is 17.8 Å². The lowest BCUT2D eigenvalue weighted by atomic mass is 9.85. The summed E-state index contributed by atoms with van der Waals surface area (Å²) in [5.41, 5.74) is 2.05. The van der Waals surface area contributed by atoms with Crippen LogP contribution in [-0.4, -0.2) is 29.3 Å². The Kier molecular flexibility index (Phi) is 3.71. The van der Waals surface area contributed by atoms with Crippen molar-refractivity contribution < 1.29 is 19.1 Å². The molecule has 2 aliphatic carbocycles. The molecular weight excluding hydrogens is 306 g/mol. The van der Waals surface area contributed by atoms with Crippen molar-refractivity contribution in [3.05, 3.63) is 47.0 Å². The number of allylic oxidation sites excluding steroid dienone is 1. The minimum absolute atomic E-state index is 0.117. The Morgan fingerprint density at radius 1 is 1.12 bits per heavy atom. The van der Waals surface area contributed by atoms with E-state index in [0.717, 1.165) is 41.7 Å². The average molecular weight is 325 g/mol. The summed E-state index contributed by atoms with van der Waals surface area (Å²) in [4.78, 5) is 38.8. The maximum atomic E-state index is 13.1. The number of carbonyl (C=O) groups is 3. The molecule has 4 rings (SSSR count). The first kappa shape index (κ1) is 15.1. The van der Waals surface area contributed by atoms with Gasteiger partial charge in [0, 0.05) is 6.42 Å². The highest BCUT2D eigenvalue weighted by atomic mass is 16.6. The fourth-order valence-electron chi connectivity index (χ4n) is 4.09. The normalized spacial score (nSPS) is 26.6. The van der Waals surface area contributed by atoms with Crippen LogP contribution in [0.1, 0.15) is 43.7 Å². The summed E-state index contributed by atoms with van der Waals surface area (Å²) in [6.45, 7) is 0.134. The maximum absolute atomic E-state index is 13.1. The van der Waals surface area contributed by atoms with Crippen LogP contribution in [0.25, 0.3) is 0 Å². The number of benzene rings is 1. The van der Waals surface area contributed by atoms with Gasteiger partial charge in [0.25, 0.3) is 5.91 Å². The Morgan fingerprint density at radius 3 is 2.71 bits per heavy atom. The van der Waals surface area contributed by atoms with Crippen LogP contribution in [0.2, 0.25) is 0 Å². The molecule has 1 aromatic rings. The van der Waals surface area contributed by atoms with E-state index in [1.165, 1.54) is 0 Å². The average Bonchev–Trinajstić information content (AvgIpc) is 3.14. The summed E-state index contributed by atoms with van der Waals surface area (Å²) < 4.78 is 5.12. The molecule has 0 spiro atoms. The molecule has 124 valence electrons. The molecule has 0 N–H and O–H groups in total. The van der Waals surface area contributed by atoms with E-state index in [-0.39, 0.29) is 23.9 Å². The van der Waals surface area contributed by atoms with Crippen molar-refractivity contribution in [1.82, 2.24) is 4.90 Å². The van der Waals surface area contributed by atoms with E-state index in [4.69, 9.17) is 4.74 Å². The van der Waals surface area contributed by atoms with E-state index in [2.05, 4.69) is 0 Å². The van der Waals surface area contributed by atoms with E-state index in [1.54, 1.807) is 0 Å². The van der Waals surface area contributed by atoms with Gasteiger partial charge in [0.05, 0.1) is 5.57 Å².